The van der Waals surface area contributed by atoms with Gasteiger partial charge in [-0.05, 0) is 18.1 Å². The van der Waals surface area contributed by atoms with Gasteiger partial charge in [0.1, 0.15) is 0 Å². The molecule has 0 aliphatic heterocycles. The lowest BCUT2D eigenvalue weighted by molar-refractivity contribution is 0.403. The second kappa shape index (κ2) is 3.38. The molecule has 0 amide bonds. The van der Waals surface area contributed by atoms with Crippen molar-refractivity contribution < 1.29 is 4.42 Å². The van der Waals surface area contributed by atoms with Crippen molar-refractivity contribution >= 4 is 11.2 Å². The molecule has 0 bridgehead atoms. The summed E-state index contributed by atoms with van der Waals surface area (Å²) in [6.45, 7) is 4.07. The van der Waals surface area contributed by atoms with E-state index in [-0.39, 0.29) is 6.04 Å². The Labute approximate surface area is 82.1 Å². The molecule has 1 atom stereocenters. The Morgan fingerprint density at radius 2 is 2.21 bits per heavy atom. The molecule has 0 saturated carbocycles. The third-order valence-electron chi connectivity index (χ3n) is 2.18. The molecular weight excluding hydrogens is 178 g/mol. The van der Waals surface area contributed by atoms with Crippen LogP contribution >= 0.6 is 0 Å². The lowest BCUT2D eigenvalue weighted by Gasteiger charge is -2.09. The highest BCUT2D eigenvalue weighted by Gasteiger charge is 2.17. The maximum absolute atomic E-state index is 5.92. The zero-order valence-electron chi connectivity index (χ0n) is 8.27. The minimum atomic E-state index is -0.163. The van der Waals surface area contributed by atoms with Gasteiger partial charge in [-0.3, -0.25) is 0 Å². The lowest BCUT2D eigenvalue weighted by Crippen LogP contribution is -2.16. The summed E-state index contributed by atoms with van der Waals surface area (Å²) in [4.78, 5) is 8.31. The molecule has 2 rings (SSSR count). The van der Waals surface area contributed by atoms with Gasteiger partial charge in [-0.15, -0.1) is 0 Å². The lowest BCUT2D eigenvalue weighted by atomic mass is 10.1. The third kappa shape index (κ3) is 1.48. The molecule has 0 fully saturated rings. The minimum Gasteiger partial charge on any atom is -0.437 e. The molecule has 0 saturated heterocycles. The average Bonchev–Trinajstić information content (AvgIpc) is 2.59. The molecule has 0 spiro atoms. The molecule has 2 heterocycles. The van der Waals surface area contributed by atoms with Gasteiger partial charge in [0.05, 0.1) is 6.04 Å². The van der Waals surface area contributed by atoms with E-state index in [1.165, 1.54) is 0 Å². The number of oxazole rings is 1. The molecule has 2 aromatic heterocycles. The molecule has 74 valence electrons. The predicted octanol–water partition coefficient (Wildman–Crippen LogP) is 1.88. The van der Waals surface area contributed by atoms with Crippen LogP contribution in [-0.2, 0) is 0 Å². The molecule has 4 nitrogen and oxygen atoms in total. The van der Waals surface area contributed by atoms with E-state index in [0.717, 1.165) is 0 Å². The summed E-state index contributed by atoms with van der Waals surface area (Å²) in [5.74, 6) is 0.872. The Balaban J connectivity index is 2.45. The molecule has 1 unspecified atom stereocenters. The standard InChI is InChI=1S/C10H13N3O/c1-6(2)8(11)10-13-9-7(14-10)4-3-5-12-9/h3-6,8H,11H2,1-2H3. The zero-order valence-corrected chi connectivity index (χ0v) is 8.27. The van der Waals surface area contributed by atoms with Gasteiger partial charge in [0.2, 0.25) is 5.89 Å². The van der Waals surface area contributed by atoms with Crippen LogP contribution in [0.2, 0.25) is 0 Å². The molecule has 0 radical (unpaired) electrons. The number of nitrogens with two attached hydrogens (primary N) is 1. The summed E-state index contributed by atoms with van der Waals surface area (Å²) in [6.07, 6.45) is 1.69. The maximum atomic E-state index is 5.92. The normalized spacial score (nSPS) is 13.7. The smallest absolute Gasteiger partial charge is 0.214 e. The molecule has 0 aromatic carbocycles. The van der Waals surface area contributed by atoms with E-state index in [1.54, 1.807) is 6.20 Å². The molecule has 2 N–H and O–H groups in total. The summed E-state index contributed by atoms with van der Waals surface area (Å²) in [7, 11) is 0. The van der Waals surface area contributed by atoms with Gasteiger partial charge in [-0.25, -0.2) is 4.98 Å². The maximum Gasteiger partial charge on any atom is 0.214 e. The quantitative estimate of drug-likeness (QED) is 0.787. The first kappa shape index (κ1) is 9.15. The Hall–Kier alpha value is -1.42. The van der Waals surface area contributed by atoms with Crippen LogP contribution in [0.25, 0.3) is 11.2 Å². The van der Waals surface area contributed by atoms with Crippen LogP contribution in [0.1, 0.15) is 25.8 Å². The van der Waals surface area contributed by atoms with Crippen LogP contribution in [-0.4, -0.2) is 9.97 Å². The van der Waals surface area contributed by atoms with Gasteiger partial charge in [0, 0.05) is 6.20 Å². The Morgan fingerprint density at radius 3 is 2.86 bits per heavy atom. The van der Waals surface area contributed by atoms with E-state index in [0.29, 0.717) is 23.0 Å². The van der Waals surface area contributed by atoms with Crippen molar-refractivity contribution in [2.75, 3.05) is 0 Å². The second-order valence-electron chi connectivity index (χ2n) is 3.65. The number of fused-ring (bicyclic) bond motifs is 1. The molecule has 2 aromatic rings. The minimum absolute atomic E-state index is 0.163. The van der Waals surface area contributed by atoms with Crippen molar-refractivity contribution in [1.82, 2.24) is 9.97 Å². The van der Waals surface area contributed by atoms with Gasteiger partial charge in [0.25, 0.3) is 0 Å². The van der Waals surface area contributed by atoms with Gasteiger partial charge >= 0.3 is 0 Å². The molecule has 0 aliphatic carbocycles. The second-order valence-corrected chi connectivity index (χ2v) is 3.65. The first-order valence-electron chi connectivity index (χ1n) is 4.65. The van der Waals surface area contributed by atoms with Crippen molar-refractivity contribution in [3.63, 3.8) is 0 Å². The van der Waals surface area contributed by atoms with Crippen LogP contribution in [0, 0.1) is 5.92 Å². The van der Waals surface area contributed by atoms with E-state index in [9.17, 15) is 0 Å². The summed E-state index contributed by atoms with van der Waals surface area (Å²) >= 11 is 0. The van der Waals surface area contributed by atoms with Gasteiger partial charge in [-0.2, -0.15) is 4.98 Å². The number of hydrogen-bond acceptors (Lipinski definition) is 4. The van der Waals surface area contributed by atoms with Gasteiger partial charge < -0.3 is 10.2 Å². The Morgan fingerprint density at radius 1 is 1.43 bits per heavy atom. The summed E-state index contributed by atoms with van der Waals surface area (Å²) in [6, 6.07) is 3.49. The van der Waals surface area contributed by atoms with Crippen molar-refractivity contribution in [2.24, 2.45) is 11.7 Å². The highest BCUT2D eigenvalue weighted by Crippen LogP contribution is 2.21. The van der Waals surface area contributed by atoms with Gasteiger partial charge in [0.15, 0.2) is 11.2 Å². The number of rotatable bonds is 2. The van der Waals surface area contributed by atoms with Crippen molar-refractivity contribution in [3.05, 3.63) is 24.2 Å². The SMILES string of the molecule is CC(C)C(N)c1nc2ncccc2o1. The van der Waals surface area contributed by atoms with E-state index >= 15 is 0 Å². The fraction of sp³-hybridized carbons (Fsp3) is 0.400. The molecule has 14 heavy (non-hydrogen) atoms. The number of nitrogens with zero attached hydrogens (tertiary/aromatic N) is 2. The Bertz CT molecular complexity index is 403. The third-order valence-corrected chi connectivity index (χ3v) is 2.18. The van der Waals surface area contributed by atoms with Crippen LogP contribution in [0.15, 0.2) is 22.7 Å². The van der Waals surface area contributed by atoms with Crippen LogP contribution in [0.4, 0.5) is 0 Å². The number of hydrogen-bond donors (Lipinski definition) is 1. The van der Waals surface area contributed by atoms with Crippen molar-refractivity contribution in [2.45, 2.75) is 19.9 Å². The monoisotopic (exact) mass is 191 g/mol. The van der Waals surface area contributed by atoms with Gasteiger partial charge in [-0.1, -0.05) is 13.8 Å². The Kier molecular flexibility index (Phi) is 2.21. The topological polar surface area (TPSA) is 64.9 Å². The van der Waals surface area contributed by atoms with E-state index in [1.807, 2.05) is 26.0 Å². The first-order chi connectivity index (χ1) is 6.68. The van der Waals surface area contributed by atoms with Crippen LogP contribution < -0.4 is 5.73 Å². The fourth-order valence-corrected chi connectivity index (χ4v) is 1.21. The first-order valence-corrected chi connectivity index (χ1v) is 4.65. The number of pyridine rings is 1. The van der Waals surface area contributed by atoms with E-state index in [2.05, 4.69) is 9.97 Å². The van der Waals surface area contributed by atoms with E-state index in [4.69, 9.17) is 10.2 Å². The van der Waals surface area contributed by atoms with Crippen molar-refractivity contribution in [1.29, 1.82) is 0 Å². The highest BCUT2D eigenvalue weighted by atomic mass is 16.3. The summed E-state index contributed by atoms with van der Waals surface area (Å²) in [5, 5.41) is 0. The predicted molar refractivity (Wildman–Crippen MR) is 53.6 cm³/mol. The van der Waals surface area contributed by atoms with Crippen LogP contribution in [0.5, 0.6) is 0 Å². The van der Waals surface area contributed by atoms with Crippen molar-refractivity contribution in [3.8, 4) is 0 Å². The number of aromatic nitrogens is 2. The summed E-state index contributed by atoms with van der Waals surface area (Å²) in [5.41, 5.74) is 7.23. The highest BCUT2D eigenvalue weighted by molar-refractivity contribution is 5.66. The molecular formula is C10H13N3O. The zero-order chi connectivity index (χ0) is 10.1. The largest absolute Gasteiger partial charge is 0.437 e. The average molecular weight is 191 g/mol. The fourth-order valence-electron chi connectivity index (χ4n) is 1.21. The molecule has 4 heteroatoms. The summed E-state index contributed by atoms with van der Waals surface area (Å²) < 4.78 is 5.49. The van der Waals surface area contributed by atoms with Crippen LogP contribution in [0.3, 0.4) is 0 Å². The van der Waals surface area contributed by atoms with E-state index < -0.39 is 0 Å². The molecule has 0 aliphatic rings.